The number of halogens is 1. The summed E-state index contributed by atoms with van der Waals surface area (Å²) in [6.07, 6.45) is -2.28. The highest BCUT2D eigenvalue weighted by Crippen LogP contribution is 2.50. The standard InChI is InChI=1S/C24H28FN6O8P/c1-4-36-22(33)14(2)30-40(35,39-15-8-6-5-7-9-15)37-11-17-20(32)23(3,34)24(12-26,38-17)18-10-16(25)19-21(27)28-13-29-31(18)19/h5-10,13-14,17,20,32,34H,4,11H2,1-3H3,(H,30,35)(H2,27,28,29)/t14-,17+,20+,23+,24-,40-/m0/s1. The monoisotopic (exact) mass is 578 g/mol. The quantitative estimate of drug-likeness (QED) is 0.199. The Balaban J connectivity index is 1.65. The van der Waals surface area contributed by atoms with Crippen LogP contribution in [0.1, 0.15) is 26.5 Å². The maximum Gasteiger partial charge on any atom is 0.459 e. The van der Waals surface area contributed by atoms with Gasteiger partial charge in [0.2, 0.25) is 5.60 Å². The van der Waals surface area contributed by atoms with Crippen LogP contribution in [0.5, 0.6) is 5.75 Å². The molecule has 1 aliphatic heterocycles. The van der Waals surface area contributed by atoms with Crippen molar-refractivity contribution in [1.82, 2.24) is 19.7 Å². The van der Waals surface area contributed by atoms with E-state index in [0.717, 1.165) is 23.8 Å². The molecule has 0 radical (unpaired) electrons. The third kappa shape index (κ3) is 5.13. The smallest absolute Gasteiger partial charge is 0.459 e. The lowest BCUT2D eigenvalue weighted by molar-refractivity contribution is -0.144. The number of nitrogens with one attached hydrogen (secondary N) is 1. The van der Waals surface area contributed by atoms with Crippen molar-refractivity contribution in [1.29, 1.82) is 5.26 Å². The summed E-state index contributed by atoms with van der Waals surface area (Å²) in [4.78, 5) is 15.9. The highest BCUT2D eigenvalue weighted by Gasteiger charge is 2.66. The number of rotatable bonds is 10. The van der Waals surface area contributed by atoms with Crippen LogP contribution in [0.15, 0.2) is 42.7 Å². The molecular weight excluding hydrogens is 550 g/mol. The summed E-state index contributed by atoms with van der Waals surface area (Å²) in [5, 5.41) is 38.9. The molecule has 1 aromatic carbocycles. The number of hydrogen-bond acceptors (Lipinski definition) is 12. The molecule has 5 N–H and O–H groups in total. The summed E-state index contributed by atoms with van der Waals surface area (Å²) in [6, 6.07) is 9.51. The van der Waals surface area contributed by atoms with Crippen LogP contribution in [0.25, 0.3) is 5.52 Å². The number of aromatic nitrogens is 3. The Labute approximate surface area is 228 Å². The van der Waals surface area contributed by atoms with E-state index in [1.165, 1.54) is 19.1 Å². The third-order valence-corrected chi connectivity index (χ3v) is 8.04. The molecule has 6 atom stereocenters. The highest BCUT2D eigenvalue weighted by atomic mass is 31.2. The molecule has 16 heteroatoms. The second-order valence-electron chi connectivity index (χ2n) is 9.13. The fourth-order valence-corrected chi connectivity index (χ4v) is 5.84. The molecule has 3 aromatic rings. The fourth-order valence-electron chi connectivity index (χ4n) is 4.34. The van der Waals surface area contributed by atoms with Crippen molar-refractivity contribution in [3.05, 3.63) is 54.2 Å². The van der Waals surface area contributed by atoms with E-state index < -0.39 is 55.6 Å². The van der Waals surface area contributed by atoms with E-state index in [0.29, 0.717) is 0 Å². The Morgan fingerprint density at radius 3 is 2.77 bits per heavy atom. The van der Waals surface area contributed by atoms with Crippen molar-refractivity contribution in [2.24, 2.45) is 0 Å². The molecule has 2 aromatic heterocycles. The van der Waals surface area contributed by atoms with E-state index in [1.807, 2.05) is 6.07 Å². The van der Waals surface area contributed by atoms with Crippen LogP contribution in [0.2, 0.25) is 0 Å². The molecule has 40 heavy (non-hydrogen) atoms. The lowest BCUT2D eigenvalue weighted by atomic mass is 9.80. The van der Waals surface area contributed by atoms with Crippen LogP contribution < -0.4 is 15.3 Å². The zero-order chi connectivity index (χ0) is 29.3. The van der Waals surface area contributed by atoms with Crippen molar-refractivity contribution in [3.8, 4) is 11.8 Å². The summed E-state index contributed by atoms with van der Waals surface area (Å²) >= 11 is 0. The van der Waals surface area contributed by atoms with Crippen LogP contribution in [0.4, 0.5) is 10.2 Å². The lowest BCUT2D eigenvalue weighted by Gasteiger charge is -2.32. The van der Waals surface area contributed by atoms with Crippen molar-refractivity contribution in [2.75, 3.05) is 18.9 Å². The number of esters is 1. The molecule has 1 fully saturated rings. The number of nitrogens with two attached hydrogens (primary N) is 1. The van der Waals surface area contributed by atoms with Crippen molar-refractivity contribution in [3.63, 3.8) is 0 Å². The average Bonchev–Trinajstić information content (AvgIpc) is 3.35. The number of aliphatic hydroxyl groups is 2. The molecule has 1 saturated heterocycles. The SMILES string of the molecule is CCOC(=O)[C@H](C)N[P@](=O)(OC[C@H]1O[C@@](C#N)(c2cc(F)c3c(N)ncnn23)[C@](C)(O)[C@@H]1O)Oc1ccccc1. The minimum absolute atomic E-state index is 0.0779. The Bertz CT molecular complexity index is 1480. The van der Waals surface area contributed by atoms with Crippen LogP contribution in [-0.2, 0) is 29.0 Å². The molecule has 4 rings (SSSR count). The highest BCUT2D eigenvalue weighted by molar-refractivity contribution is 7.52. The number of aliphatic hydroxyl groups excluding tert-OH is 1. The number of fused-ring (bicyclic) bond motifs is 1. The molecule has 0 bridgehead atoms. The van der Waals surface area contributed by atoms with Crippen LogP contribution in [0.3, 0.4) is 0 Å². The van der Waals surface area contributed by atoms with Gasteiger partial charge < -0.3 is 29.9 Å². The van der Waals surface area contributed by atoms with Gasteiger partial charge >= 0.3 is 13.7 Å². The predicted octanol–water partition coefficient (Wildman–Crippen LogP) is 1.43. The predicted molar refractivity (Wildman–Crippen MR) is 136 cm³/mol. The normalized spacial score (nSPS) is 26.6. The molecule has 0 amide bonds. The van der Waals surface area contributed by atoms with Crippen LogP contribution in [-0.4, -0.2) is 67.8 Å². The average molecular weight is 578 g/mol. The van der Waals surface area contributed by atoms with Gasteiger partial charge in [0.05, 0.1) is 18.9 Å². The van der Waals surface area contributed by atoms with Crippen LogP contribution in [0, 0.1) is 17.1 Å². The second-order valence-corrected chi connectivity index (χ2v) is 10.8. The Kier molecular flexibility index (Phi) is 8.13. The number of carbonyl (C=O) groups is 1. The first-order valence-corrected chi connectivity index (χ1v) is 13.6. The zero-order valence-corrected chi connectivity index (χ0v) is 22.6. The number of hydrogen-bond donors (Lipinski definition) is 4. The van der Waals surface area contributed by atoms with E-state index >= 15 is 0 Å². The number of nitrogens with zero attached hydrogens (tertiary/aromatic N) is 4. The first kappa shape index (κ1) is 29.3. The number of nitriles is 1. The van der Waals surface area contributed by atoms with Gasteiger partial charge in [-0.15, -0.1) is 0 Å². The van der Waals surface area contributed by atoms with E-state index in [2.05, 4.69) is 15.2 Å². The largest absolute Gasteiger partial charge is 0.465 e. The van der Waals surface area contributed by atoms with Crippen molar-refractivity contribution >= 4 is 25.1 Å². The molecule has 3 heterocycles. The fraction of sp³-hybridized carbons (Fsp3) is 0.417. The van der Waals surface area contributed by atoms with Crippen molar-refractivity contribution in [2.45, 2.75) is 50.2 Å². The van der Waals surface area contributed by atoms with E-state index in [4.69, 9.17) is 24.3 Å². The van der Waals surface area contributed by atoms with Gasteiger partial charge in [0.25, 0.3) is 0 Å². The van der Waals surface area contributed by atoms with Gasteiger partial charge in [-0.1, -0.05) is 18.2 Å². The molecule has 0 unspecified atom stereocenters. The number of carbonyl (C=O) groups excluding carboxylic acids is 1. The summed E-state index contributed by atoms with van der Waals surface area (Å²) in [7, 11) is -4.37. The topological polar surface area (TPSA) is 204 Å². The maximum absolute atomic E-state index is 14.8. The Morgan fingerprint density at radius 1 is 1.43 bits per heavy atom. The molecule has 14 nitrogen and oxygen atoms in total. The van der Waals surface area contributed by atoms with E-state index in [1.54, 1.807) is 25.1 Å². The van der Waals surface area contributed by atoms with Gasteiger partial charge in [-0.05, 0) is 32.9 Å². The summed E-state index contributed by atoms with van der Waals surface area (Å²) < 4.78 is 51.4. The summed E-state index contributed by atoms with van der Waals surface area (Å²) in [5.74, 6) is -1.72. The van der Waals surface area contributed by atoms with E-state index in [9.17, 15) is 29.2 Å². The molecular formula is C24H28FN6O8P. The zero-order valence-electron chi connectivity index (χ0n) is 21.7. The van der Waals surface area contributed by atoms with Gasteiger partial charge in [-0.25, -0.2) is 18.5 Å². The maximum atomic E-state index is 14.8. The number of benzene rings is 1. The molecule has 1 aliphatic rings. The van der Waals surface area contributed by atoms with Gasteiger partial charge in [0.15, 0.2) is 11.6 Å². The van der Waals surface area contributed by atoms with Crippen LogP contribution >= 0.6 is 7.75 Å². The Morgan fingerprint density at radius 2 is 2.12 bits per heavy atom. The van der Waals surface area contributed by atoms with Crippen molar-refractivity contribution < 1.29 is 42.5 Å². The molecule has 0 aliphatic carbocycles. The van der Waals surface area contributed by atoms with Gasteiger partial charge in [0, 0.05) is 6.07 Å². The van der Waals surface area contributed by atoms with Gasteiger partial charge in [0.1, 0.15) is 47.5 Å². The number of anilines is 1. The molecule has 0 spiro atoms. The second kappa shape index (κ2) is 11.1. The lowest BCUT2D eigenvalue weighted by Crippen LogP contribution is -2.52. The minimum atomic E-state index is -4.37. The summed E-state index contributed by atoms with van der Waals surface area (Å²) in [6.45, 7) is 3.48. The minimum Gasteiger partial charge on any atom is -0.465 e. The Hall–Kier alpha value is -3.64. The van der Waals surface area contributed by atoms with E-state index in [-0.39, 0.29) is 29.4 Å². The molecule has 0 saturated carbocycles. The van der Waals surface area contributed by atoms with Gasteiger partial charge in [-0.2, -0.15) is 15.4 Å². The number of ether oxygens (including phenoxy) is 2. The number of para-hydroxylation sites is 1. The molecule has 214 valence electrons. The first-order chi connectivity index (χ1) is 18.9. The number of nitrogen functional groups attached to an aromatic ring is 1. The van der Waals surface area contributed by atoms with Gasteiger partial charge in [-0.3, -0.25) is 9.32 Å². The third-order valence-electron chi connectivity index (χ3n) is 6.39. The first-order valence-electron chi connectivity index (χ1n) is 12.1. The summed E-state index contributed by atoms with van der Waals surface area (Å²) in [5.41, 5.74) is 0.481.